The second-order valence-corrected chi connectivity index (χ2v) is 6.07. The number of hydrogen-bond acceptors (Lipinski definition) is 5. The van der Waals surface area contributed by atoms with Crippen LogP contribution in [0.15, 0.2) is 47.5 Å². The second kappa shape index (κ2) is 5.59. The first-order chi connectivity index (χ1) is 11.6. The normalized spacial score (nSPS) is 13.0. The van der Waals surface area contributed by atoms with Crippen molar-refractivity contribution in [2.45, 2.75) is 32.7 Å². The molecule has 0 saturated heterocycles. The van der Waals surface area contributed by atoms with Crippen molar-refractivity contribution in [1.82, 2.24) is 29.1 Å². The molecule has 0 fully saturated rings. The lowest BCUT2D eigenvalue weighted by Gasteiger charge is -2.14. The molecule has 4 heterocycles. The van der Waals surface area contributed by atoms with Crippen molar-refractivity contribution in [1.29, 1.82) is 0 Å². The van der Waals surface area contributed by atoms with Crippen LogP contribution in [-0.4, -0.2) is 29.1 Å². The molecule has 0 amide bonds. The SMILES string of the molecule is CC(C)c1nccn1[C@@H](C)c1nc(-c2cn3ccccc3n2)no1. The molecule has 4 aromatic heterocycles. The van der Waals surface area contributed by atoms with E-state index in [9.17, 15) is 0 Å². The molecule has 0 bridgehead atoms. The number of rotatable bonds is 4. The fourth-order valence-electron chi connectivity index (χ4n) is 2.77. The molecule has 0 N–H and O–H groups in total. The summed E-state index contributed by atoms with van der Waals surface area (Å²) in [6.45, 7) is 6.25. The van der Waals surface area contributed by atoms with E-state index in [1.54, 1.807) is 6.20 Å². The van der Waals surface area contributed by atoms with Crippen LogP contribution < -0.4 is 0 Å². The molecule has 0 aromatic carbocycles. The molecule has 24 heavy (non-hydrogen) atoms. The third-order valence-corrected chi connectivity index (χ3v) is 4.02. The van der Waals surface area contributed by atoms with Gasteiger partial charge in [0.2, 0.25) is 11.7 Å². The maximum absolute atomic E-state index is 5.48. The van der Waals surface area contributed by atoms with Gasteiger partial charge in [-0.3, -0.25) is 0 Å². The Balaban J connectivity index is 1.68. The smallest absolute Gasteiger partial charge is 0.249 e. The van der Waals surface area contributed by atoms with E-state index in [4.69, 9.17) is 4.52 Å². The molecule has 0 spiro atoms. The summed E-state index contributed by atoms with van der Waals surface area (Å²) in [4.78, 5) is 13.5. The first-order valence-corrected chi connectivity index (χ1v) is 7.94. The number of imidazole rings is 2. The quantitative estimate of drug-likeness (QED) is 0.576. The number of fused-ring (bicyclic) bond motifs is 1. The van der Waals surface area contributed by atoms with Gasteiger partial charge in [-0.2, -0.15) is 4.98 Å². The molecule has 0 aliphatic carbocycles. The van der Waals surface area contributed by atoms with Crippen molar-refractivity contribution in [2.75, 3.05) is 0 Å². The highest BCUT2D eigenvalue weighted by atomic mass is 16.5. The van der Waals surface area contributed by atoms with Crippen LogP contribution in [0.1, 0.15) is 44.4 Å². The van der Waals surface area contributed by atoms with Crippen molar-refractivity contribution < 1.29 is 4.52 Å². The number of hydrogen-bond donors (Lipinski definition) is 0. The zero-order valence-corrected chi connectivity index (χ0v) is 13.8. The zero-order chi connectivity index (χ0) is 16.7. The van der Waals surface area contributed by atoms with Crippen molar-refractivity contribution in [2.24, 2.45) is 0 Å². The predicted octanol–water partition coefficient (Wildman–Crippen LogP) is 3.31. The summed E-state index contributed by atoms with van der Waals surface area (Å²) in [6.07, 6.45) is 7.57. The van der Waals surface area contributed by atoms with Gasteiger partial charge in [0.05, 0.1) is 0 Å². The summed E-state index contributed by atoms with van der Waals surface area (Å²) in [7, 11) is 0. The number of nitrogens with zero attached hydrogens (tertiary/aromatic N) is 6. The van der Waals surface area contributed by atoms with Gasteiger partial charge in [0.15, 0.2) is 0 Å². The second-order valence-electron chi connectivity index (χ2n) is 6.07. The van der Waals surface area contributed by atoms with Crippen molar-refractivity contribution in [3.63, 3.8) is 0 Å². The zero-order valence-electron chi connectivity index (χ0n) is 13.8. The largest absolute Gasteiger partial charge is 0.337 e. The molecule has 0 saturated carbocycles. The summed E-state index contributed by atoms with van der Waals surface area (Å²) in [5.74, 6) is 2.35. The van der Waals surface area contributed by atoms with Gasteiger partial charge in [0.1, 0.15) is 23.2 Å². The fraction of sp³-hybridized carbons (Fsp3) is 0.294. The minimum atomic E-state index is -0.0804. The Hall–Kier alpha value is -2.96. The van der Waals surface area contributed by atoms with E-state index in [1.807, 2.05) is 48.1 Å². The summed E-state index contributed by atoms with van der Waals surface area (Å²) in [6, 6.07) is 5.76. The summed E-state index contributed by atoms with van der Waals surface area (Å²) in [5, 5.41) is 4.09. The lowest BCUT2D eigenvalue weighted by molar-refractivity contribution is 0.341. The molecule has 4 rings (SSSR count). The lowest BCUT2D eigenvalue weighted by Crippen LogP contribution is -2.11. The number of aromatic nitrogens is 6. The Kier molecular flexibility index (Phi) is 3.41. The Morgan fingerprint density at radius 1 is 1.08 bits per heavy atom. The van der Waals surface area contributed by atoms with Gasteiger partial charge in [-0.1, -0.05) is 25.1 Å². The molecular weight excluding hydrogens is 304 g/mol. The van der Waals surface area contributed by atoms with Crippen molar-refractivity contribution in [3.05, 3.63) is 54.7 Å². The van der Waals surface area contributed by atoms with E-state index in [1.165, 1.54) is 0 Å². The average molecular weight is 322 g/mol. The topological polar surface area (TPSA) is 74.0 Å². The summed E-state index contributed by atoms with van der Waals surface area (Å²) < 4.78 is 9.47. The molecule has 7 nitrogen and oxygen atoms in total. The fourth-order valence-corrected chi connectivity index (χ4v) is 2.77. The van der Waals surface area contributed by atoms with E-state index in [-0.39, 0.29) is 6.04 Å². The molecule has 0 aliphatic rings. The standard InChI is InChI=1S/C17H18N6O/c1-11(2)16-18-7-9-23(16)12(3)17-20-15(21-24-17)13-10-22-8-5-4-6-14(22)19-13/h4-12H,1-3H3/t12-/m0/s1. The molecule has 4 aromatic rings. The lowest BCUT2D eigenvalue weighted by atomic mass is 10.2. The van der Waals surface area contributed by atoms with Gasteiger partial charge in [-0.25, -0.2) is 9.97 Å². The monoisotopic (exact) mass is 322 g/mol. The average Bonchev–Trinajstić information content (AvgIpc) is 3.30. The molecule has 0 unspecified atom stereocenters. The minimum absolute atomic E-state index is 0.0804. The third-order valence-electron chi connectivity index (χ3n) is 4.02. The molecule has 0 radical (unpaired) electrons. The summed E-state index contributed by atoms with van der Waals surface area (Å²) in [5.41, 5.74) is 1.54. The number of pyridine rings is 1. The molecule has 1 atom stereocenters. The Morgan fingerprint density at radius 2 is 1.96 bits per heavy atom. The van der Waals surface area contributed by atoms with Crippen LogP contribution in [-0.2, 0) is 0 Å². The Labute approximate surface area is 139 Å². The van der Waals surface area contributed by atoms with E-state index >= 15 is 0 Å². The van der Waals surface area contributed by atoms with Gasteiger partial charge in [-0.05, 0) is 19.1 Å². The van der Waals surface area contributed by atoms with E-state index in [0.717, 1.165) is 11.5 Å². The maximum atomic E-state index is 5.48. The highest BCUT2D eigenvalue weighted by Gasteiger charge is 2.21. The molecule has 122 valence electrons. The highest BCUT2D eigenvalue weighted by molar-refractivity contribution is 5.54. The van der Waals surface area contributed by atoms with Crippen LogP contribution in [0.25, 0.3) is 17.2 Å². The maximum Gasteiger partial charge on any atom is 0.249 e. The van der Waals surface area contributed by atoms with Crippen LogP contribution in [0, 0.1) is 0 Å². The van der Waals surface area contributed by atoms with Gasteiger partial charge >= 0.3 is 0 Å². The van der Waals surface area contributed by atoms with Gasteiger partial charge in [0, 0.05) is 30.7 Å². The molecule has 0 aliphatic heterocycles. The summed E-state index contributed by atoms with van der Waals surface area (Å²) >= 11 is 0. The van der Waals surface area contributed by atoms with Gasteiger partial charge in [0.25, 0.3) is 0 Å². The third kappa shape index (κ3) is 2.38. The van der Waals surface area contributed by atoms with Crippen molar-refractivity contribution in [3.8, 4) is 11.5 Å². The molecule has 7 heteroatoms. The van der Waals surface area contributed by atoms with Crippen LogP contribution in [0.4, 0.5) is 0 Å². The van der Waals surface area contributed by atoms with E-state index in [2.05, 4.69) is 38.5 Å². The Morgan fingerprint density at radius 3 is 2.75 bits per heavy atom. The molecular formula is C17H18N6O. The van der Waals surface area contributed by atoms with Gasteiger partial charge < -0.3 is 13.5 Å². The highest BCUT2D eigenvalue weighted by Crippen LogP contribution is 2.24. The van der Waals surface area contributed by atoms with E-state index < -0.39 is 0 Å². The van der Waals surface area contributed by atoms with E-state index in [0.29, 0.717) is 23.3 Å². The first-order valence-electron chi connectivity index (χ1n) is 7.94. The minimum Gasteiger partial charge on any atom is -0.337 e. The van der Waals surface area contributed by atoms with Crippen LogP contribution in [0.5, 0.6) is 0 Å². The first kappa shape index (κ1) is 14.6. The Bertz CT molecular complexity index is 947. The van der Waals surface area contributed by atoms with Crippen LogP contribution >= 0.6 is 0 Å². The van der Waals surface area contributed by atoms with Crippen LogP contribution in [0.3, 0.4) is 0 Å². The predicted molar refractivity (Wildman–Crippen MR) is 88.6 cm³/mol. The van der Waals surface area contributed by atoms with Gasteiger partial charge in [-0.15, -0.1) is 0 Å². The van der Waals surface area contributed by atoms with Crippen molar-refractivity contribution >= 4 is 5.65 Å². The van der Waals surface area contributed by atoms with Crippen LogP contribution in [0.2, 0.25) is 0 Å².